The van der Waals surface area contributed by atoms with Gasteiger partial charge in [0.15, 0.2) is 11.5 Å². The maximum absolute atomic E-state index is 12.6. The Balaban J connectivity index is 1.50. The van der Waals surface area contributed by atoms with Gasteiger partial charge in [-0.2, -0.15) is 0 Å². The minimum atomic E-state index is -0.516. The average molecular weight is 435 g/mol. The Bertz CT molecular complexity index is 1360. The van der Waals surface area contributed by atoms with Crippen molar-refractivity contribution in [1.82, 2.24) is 5.32 Å². The fraction of sp³-hybridized carbons (Fsp3) is 0.280. The lowest BCUT2D eigenvalue weighted by Crippen LogP contribution is -2.31. The zero-order valence-electron chi connectivity index (χ0n) is 18.5. The SMILES string of the molecule is COc1ccccc1OCCNC(=O)Cc1c(C)c2c(cc(C)c3c(C)coc32)oc1=O. The predicted octanol–water partition coefficient (Wildman–Crippen LogP) is 4.21. The molecule has 166 valence electrons. The van der Waals surface area contributed by atoms with Crippen molar-refractivity contribution in [2.24, 2.45) is 0 Å². The van der Waals surface area contributed by atoms with Gasteiger partial charge in [-0.3, -0.25) is 4.79 Å². The van der Waals surface area contributed by atoms with Gasteiger partial charge >= 0.3 is 5.63 Å². The van der Waals surface area contributed by atoms with Crippen LogP contribution in [-0.2, 0) is 11.2 Å². The van der Waals surface area contributed by atoms with Crippen molar-refractivity contribution in [3.8, 4) is 11.5 Å². The van der Waals surface area contributed by atoms with Crippen LogP contribution in [0.1, 0.15) is 22.3 Å². The van der Waals surface area contributed by atoms with Crippen molar-refractivity contribution in [3.05, 3.63) is 69.3 Å². The number of benzene rings is 2. The number of hydrogen-bond acceptors (Lipinski definition) is 6. The van der Waals surface area contributed by atoms with E-state index >= 15 is 0 Å². The summed E-state index contributed by atoms with van der Waals surface area (Å²) in [6.07, 6.45) is 1.60. The summed E-state index contributed by atoms with van der Waals surface area (Å²) >= 11 is 0. The first-order valence-electron chi connectivity index (χ1n) is 10.4. The highest BCUT2D eigenvalue weighted by molar-refractivity contribution is 6.07. The highest BCUT2D eigenvalue weighted by Gasteiger charge is 2.20. The van der Waals surface area contributed by atoms with Gasteiger partial charge in [-0.15, -0.1) is 0 Å². The van der Waals surface area contributed by atoms with E-state index in [-0.39, 0.29) is 25.5 Å². The Morgan fingerprint density at radius 2 is 1.81 bits per heavy atom. The smallest absolute Gasteiger partial charge is 0.340 e. The summed E-state index contributed by atoms with van der Waals surface area (Å²) in [5, 5.41) is 4.50. The number of fused-ring (bicyclic) bond motifs is 3. The minimum Gasteiger partial charge on any atom is -0.493 e. The Kier molecular flexibility index (Phi) is 5.90. The van der Waals surface area contributed by atoms with Gasteiger partial charge < -0.3 is 23.6 Å². The molecule has 1 amide bonds. The van der Waals surface area contributed by atoms with E-state index in [0.717, 1.165) is 21.9 Å². The number of nitrogens with one attached hydrogen (secondary N) is 1. The van der Waals surface area contributed by atoms with E-state index in [1.54, 1.807) is 25.5 Å². The molecule has 0 aliphatic rings. The molecule has 2 heterocycles. The van der Waals surface area contributed by atoms with Gasteiger partial charge in [-0.05, 0) is 55.7 Å². The highest BCUT2D eigenvalue weighted by Crippen LogP contribution is 2.34. The van der Waals surface area contributed by atoms with Gasteiger partial charge in [-0.25, -0.2) is 4.79 Å². The Morgan fingerprint density at radius 1 is 1.06 bits per heavy atom. The molecule has 0 spiro atoms. The second-order valence-corrected chi connectivity index (χ2v) is 7.71. The Labute approximate surface area is 184 Å². The van der Waals surface area contributed by atoms with Crippen LogP contribution < -0.4 is 20.4 Å². The predicted molar refractivity (Wildman–Crippen MR) is 122 cm³/mol. The van der Waals surface area contributed by atoms with Crippen LogP contribution in [-0.4, -0.2) is 26.2 Å². The second kappa shape index (κ2) is 8.78. The van der Waals surface area contributed by atoms with Crippen LogP contribution >= 0.6 is 0 Å². The molecule has 0 unspecified atom stereocenters. The molecule has 7 heteroatoms. The Morgan fingerprint density at radius 3 is 2.56 bits per heavy atom. The summed E-state index contributed by atoms with van der Waals surface area (Å²) in [6, 6.07) is 9.13. The number of rotatable bonds is 7. The van der Waals surface area contributed by atoms with Crippen molar-refractivity contribution in [3.63, 3.8) is 0 Å². The molecule has 0 saturated heterocycles. The minimum absolute atomic E-state index is 0.0895. The van der Waals surface area contributed by atoms with Crippen molar-refractivity contribution >= 4 is 27.8 Å². The number of hydrogen-bond donors (Lipinski definition) is 1. The summed E-state index contributed by atoms with van der Waals surface area (Å²) in [6.45, 7) is 6.30. The maximum Gasteiger partial charge on any atom is 0.340 e. The number of furan rings is 1. The molecule has 32 heavy (non-hydrogen) atoms. The van der Waals surface area contributed by atoms with Gasteiger partial charge in [0.2, 0.25) is 5.91 Å². The molecular formula is C25H25NO6. The van der Waals surface area contributed by atoms with E-state index in [1.165, 1.54) is 0 Å². The molecule has 0 fully saturated rings. The second-order valence-electron chi connectivity index (χ2n) is 7.71. The van der Waals surface area contributed by atoms with Crippen LogP contribution in [0.2, 0.25) is 0 Å². The van der Waals surface area contributed by atoms with Crippen LogP contribution in [0, 0.1) is 20.8 Å². The molecule has 0 atom stereocenters. The van der Waals surface area contributed by atoms with E-state index in [4.69, 9.17) is 18.3 Å². The molecule has 4 rings (SSSR count). The molecule has 0 radical (unpaired) electrons. The fourth-order valence-corrected chi connectivity index (χ4v) is 3.99. The van der Waals surface area contributed by atoms with E-state index in [9.17, 15) is 9.59 Å². The van der Waals surface area contributed by atoms with Gasteiger partial charge in [0.1, 0.15) is 17.8 Å². The lowest BCUT2D eigenvalue weighted by atomic mass is 9.99. The van der Waals surface area contributed by atoms with E-state index < -0.39 is 5.63 Å². The summed E-state index contributed by atoms with van der Waals surface area (Å²) in [5.41, 5.74) is 3.61. The standard InChI is InChI=1S/C25H25NO6/c1-14-11-20-23(24-22(14)15(2)13-31-24)16(3)17(25(28)32-20)12-21(27)26-9-10-30-19-8-6-5-7-18(19)29-4/h5-8,11,13H,9-10,12H2,1-4H3,(H,26,27). The summed E-state index contributed by atoms with van der Waals surface area (Å²) in [4.78, 5) is 25.1. The number of carbonyl (C=O) groups excluding carboxylic acids is 1. The van der Waals surface area contributed by atoms with Gasteiger partial charge in [0.05, 0.1) is 37.3 Å². The molecule has 0 bridgehead atoms. The largest absolute Gasteiger partial charge is 0.493 e. The molecular weight excluding hydrogens is 410 g/mol. The third-order valence-corrected chi connectivity index (χ3v) is 5.56. The van der Waals surface area contributed by atoms with Crippen molar-refractivity contribution in [2.45, 2.75) is 27.2 Å². The van der Waals surface area contributed by atoms with E-state index in [2.05, 4.69) is 5.32 Å². The third kappa shape index (κ3) is 3.93. The van der Waals surface area contributed by atoms with Crippen LogP contribution in [0.3, 0.4) is 0 Å². The lowest BCUT2D eigenvalue weighted by molar-refractivity contribution is -0.120. The molecule has 0 saturated carbocycles. The zero-order chi connectivity index (χ0) is 22.8. The first-order chi connectivity index (χ1) is 15.4. The number of methoxy groups -OCH3 is 1. The molecule has 2 aromatic carbocycles. The third-order valence-electron chi connectivity index (χ3n) is 5.56. The molecule has 2 aromatic heterocycles. The molecule has 0 aliphatic heterocycles. The van der Waals surface area contributed by atoms with Crippen molar-refractivity contribution in [1.29, 1.82) is 0 Å². The van der Waals surface area contributed by atoms with Crippen LogP contribution in [0.5, 0.6) is 11.5 Å². The van der Waals surface area contributed by atoms with Crippen LogP contribution in [0.15, 0.2) is 50.2 Å². The van der Waals surface area contributed by atoms with Gasteiger partial charge in [0.25, 0.3) is 0 Å². The van der Waals surface area contributed by atoms with E-state index in [1.807, 2.05) is 39.0 Å². The average Bonchev–Trinajstić information content (AvgIpc) is 3.16. The normalized spacial score (nSPS) is 11.1. The van der Waals surface area contributed by atoms with Crippen molar-refractivity contribution in [2.75, 3.05) is 20.3 Å². The number of amides is 1. The lowest BCUT2D eigenvalue weighted by Gasteiger charge is -2.12. The van der Waals surface area contributed by atoms with Gasteiger partial charge in [-0.1, -0.05) is 12.1 Å². The molecule has 0 aliphatic carbocycles. The highest BCUT2D eigenvalue weighted by atomic mass is 16.5. The quantitative estimate of drug-likeness (QED) is 0.345. The topological polar surface area (TPSA) is 90.9 Å². The molecule has 7 nitrogen and oxygen atoms in total. The summed E-state index contributed by atoms with van der Waals surface area (Å²) < 4.78 is 22.2. The van der Waals surface area contributed by atoms with E-state index in [0.29, 0.717) is 33.8 Å². The molecule has 1 N–H and O–H groups in total. The van der Waals surface area contributed by atoms with Crippen LogP contribution in [0.4, 0.5) is 0 Å². The number of ether oxygens (including phenoxy) is 2. The first kappa shape index (κ1) is 21.5. The number of aryl methyl sites for hydroxylation is 3. The monoisotopic (exact) mass is 435 g/mol. The fourth-order valence-electron chi connectivity index (χ4n) is 3.99. The molecule has 4 aromatic rings. The Hall–Kier alpha value is -3.74. The number of para-hydroxylation sites is 2. The number of carbonyl (C=O) groups is 1. The van der Waals surface area contributed by atoms with Crippen molar-refractivity contribution < 1.29 is 23.1 Å². The zero-order valence-corrected chi connectivity index (χ0v) is 18.5. The maximum atomic E-state index is 12.6. The first-order valence-corrected chi connectivity index (χ1v) is 10.4. The summed E-state index contributed by atoms with van der Waals surface area (Å²) in [7, 11) is 1.57. The van der Waals surface area contributed by atoms with Crippen LogP contribution in [0.25, 0.3) is 21.9 Å². The van der Waals surface area contributed by atoms with Gasteiger partial charge in [0, 0.05) is 5.39 Å². The summed E-state index contributed by atoms with van der Waals surface area (Å²) in [5.74, 6) is 0.934.